The predicted molar refractivity (Wildman–Crippen MR) is 99.5 cm³/mol. The highest BCUT2D eigenvalue weighted by atomic mass is 35.5. The number of carbonyl (C=O) groups is 1. The summed E-state index contributed by atoms with van der Waals surface area (Å²) in [6.45, 7) is 1.69. The lowest BCUT2D eigenvalue weighted by molar-refractivity contribution is -0.122. The van der Waals surface area contributed by atoms with Crippen LogP contribution in [-0.4, -0.2) is 22.8 Å². The summed E-state index contributed by atoms with van der Waals surface area (Å²) in [6, 6.07) is 16.5. The number of rotatable bonds is 6. The van der Waals surface area contributed by atoms with Crippen LogP contribution >= 0.6 is 11.6 Å². The number of amides is 1. The van der Waals surface area contributed by atoms with Crippen molar-refractivity contribution >= 4 is 23.2 Å². The summed E-state index contributed by atoms with van der Waals surface area (Å²) in [5.41, 5.74) is 2.33. The third kappa shape index (κ3) is 4.04. The van der Waals surface area contributed by atoms with E-state index in [9.17, 15) is 4.79 Å². The van der Waals surface area contributed by atoms with Gasteiger partial charge in [0, 0.05) is 29.8 Å². The highest BCUT2D eigenvalue weighted by molar-refractivity contribution is 6.30. The normalized spacial score (nSPS) is 10.6. The molecule has 1 aromatic heterocycles. The lowest BCUT2D eigenvalue weighted by atomic mass is 10.2. The van der Waals surface area contributed by atoms with E-state index in [1.54, 1.807) is 28.9 Å². The molecule has 0 spiro atoms. The van der Waals surface area contributed by atoms with Crippen LogP contribution in [0.5, 0.6) is 5.88 Å². The Morgan fingerprint density at radius 3 is 2.58 bits per heavy atom. The molecular weight excluding hydrogens is 354 g/mol. The molecule has 0 saturated carbocycles. The first kappa shape index (κ1) is 18.0. The SMILES string of the molecule is CON(C(C)=O)c1ccccc1COc1ccn(-c2ccc(Cl)cc2)n1. The summed E-state index contributed by atoms with van der Waals surface area (Å²) >= 11 is 5.90. The largest absolute Gasteiger partial charge is 0.472 e. The molecule has 0 aliphatic rings. The molecule has 1 amide bonds. The van der Waals surface area contributed by atoms with Crippen LogP contribution in [0.3, 0.4) is 0 Å². The molecule has 0 aliphatic heterocycles. The van der Waals surface area contributed by atoms with Crippen LogP contribution in [0.2, 0.25) is 5.02 Å². The van der Waals surface area contributed by atoms with E-state index in [1.807, 2.05) is 36.5 Å². The lowest BCUT2D eigenvalue weighted by Gasteiger charge is -2.20. The number of ether oxygens (including phenoxy) is 1. The number of benzene rings is 2. The molecular formula is C19H18ClN3O3. The Morgan fingerprint density at radius 1 is 1.15 bits per heavy atom. The molecule has 0 radical (unpaired) electrons. The van der Waals surface area contributed by atoms with Gasteiger partial charge in [0.15, 0.2) is 0 Å². The van der Waals surface area contributed by atoms with Crippen LogP contribution in [-0.2, 0) is 16.2 Å². The van der Waals surface area contributed by atoms with Gasteiger partial charge in [-0.15, -0.1) is 5.10 Å². The Balaban J connectivity index is 1.74. The summed E-state index contributed by atoms with van der Waals surface area (Å²) in [4.78, 5) is 16.9. The minimum Gasteiger partial charge on any atom is -0.472 e. The third-order valence-corrected chi connectivity index (χ3v) is 3.96. The molecule has 0 N–H and O–H groups in total. The molecule has 0 unspecified atom stereocenters. The van der Waals surface area contributed by atoms with Crippen molar-refractivity contribution in [3.63, 3.8) is 0 Å². The van der Waals surface area contributed by atoms with E-state index < -0.39 is 0 Å². The standard InChI is InChI=1S/C19H18ClN3O3/c1-14(24)23(25-2)18-6-4-3-5-15(18)13-26-19-11-12-22(21-19)17-9-7-16(20)8-10-17/h3-12H,13H2,1-2H3. The molecule has 6 nitrogen and oxygen atoms in total. The van der Waals surface area contributed by atoms with Crippen LogP contribution in [0.4, 0.5) is 5.69 Å². The van der Waals surface area contributed by atoms with Gasteiger partial charge in [0.1, 0.15) is 6.61 Å². The van der Waals surface area contributed by atoms with Crippen molar-refractivity contribution in [2.45, 2.75) is 13.5 Å². The Kier molecular flexibility index (Phi) is 5.55. The summed E-state index contributed by atoms with van der Waals surface area (Å²) in [5.74, 6) is 0.258. The van der Waals surface area contributed by atoms with E-state index in [-0.39, 0.29) is 12.5 Å². The number of carbonyl (C=O) groups excluding carboxylic acids is 1. The fourth-order valence-electron chi connectivity index (χ4n) is 2.50. The Morgan fingerprint density at radius 2 is 1.88 bits per heavy atom. The second kappa shape index (κ2) is 8.03. The smallest absolute Gasteiger partial charge is 0.247 e. The van der Waals surface area contributed by atoms with E-state index in [4.69, 9.17) is 21.2 Å². The molecule has 0 aliphatic carbocycles. The number of hydroxylamine groups is 1. The zero-order valence-electron chi connectivity index (χ0n) is 14.4. The van der Waals surface area contributed by atoms with Gasteiger partial charge in [0.05, 0.1) is 18.5 Å². The van der Waals surface area contributed by atoms with Gasteiger partial charge in [0.2, 0.25) is 11.8 Å². The van der Waals surface area contributed by atoms with E-state index >= 15 is 0 Å². The quantitative estimate of drug-likeness (QED) is 0.614. The number of para-hydroxylation sites is 1. The van der Waals surface area contributed by atoms with Gasteiger partial charge in [-0.05, 0) is 30.3 Å². The minimum atomic E-state index is -0.216. The monoisotopic (exact) mass is 371 g/mol. The molecule has 26 heavy (non-hydrogen) atoms. The van der Waals surface area contributed by atoms with Crippen LogP contribution in [0.15, 0.2) is 60.8 Å². The Hall–Kier alpha value is -2.83. The average molecular weight is 372 g/mol. The first-order valence-electron chi connectivity index (χ1n) is 7.95. The number of aromatic nitrogens is 2. The molecule has 0 saturated heterocycles. The fourth-order valence-corrected chi connectivity index (χ4v) is 2.63. The molecule has 7 heteroatoms. The maximum absolute atomic E-state index is 11.7. The van der Waals surface area contributed by atoms with Crippen molar-refractivity contribution in [1.82, 2.24) is 9.78 Å². The summed E-state index contributed by atoms with van der Waals surface area (Å²) in [5, 5.41) is 6.29. The number of anilines is 1. The van der Waals surface area contributed by atoms with Gasteiger partial charge in [-0.2, -0.15) is 5.06 Å². The Labute approximate surface area is 156 Å². The molecule has 1 heterocycles. The number of hydrogen-bond donors (Lipinski definition) is 0. The van der Waals surface area contributed by atoms with Crippen LogP contribution in [0.1, 0.15) is 12.5 Å². The van der Waals surface area contributed by atoms with Gasteiger partial charge in [0.25, 0.3) is 0 Å². The molecule has 3 aromatic rings. The fraction of sp³-hybridized carbons (Fsp3) is 0.158. The van der Waals surface area contributed by atoms with Gasteiger partial charge in [-0.3, -0.25) is 9.63 Å². The summed E-state index contributed by atoms with van der Waals surface area (Å²) in [6.07, 6.45) is 1.81. The average Bonchev–Trinajstić information content (AvgIpc) is 3.11. The minimum absolute atomic E-state index is 0.216. The van der Waals surface area contributed by atoms with E-state index in [0.717, 1.165) is 11.3 Å². The second-order valence-corrected chi connectivity index (χ2v) is 5.92. The van der Waals surface area contributed by atoms with E-state index in [1.165, 1.54) is 19.1 Å². The van der Waals surface area contributed by atoms with Gasteiger partial charge in [-0.25, -0.2) is 4.68 Å². The number of halogens is 1. The predicted octanol–water partition coefficient (Wildman–Crippen LogP) is 4.02. The molecule has 0 bridgehead atoms. The molecule has 0 fully saturated rings. The van der Waals surface area contributed by atoms with Gasteiger partial charge >= 0.3 is 0 Å². The van der Waals surface area contributed by atoms with Gasteiger partial charge < -0.3 is 4.74 Å². The van der Waals surface area contributed by atoms with Crippen molar-refractivity contribution in [2.75, 3.05) is 12.2 Å². The third-order valence-electron chi connectivity index (χ3n) is 3.71. The van der Waals surface area contributed by atoms with Crippen LogP contribution in [0.25, 0.3) is 5.69 Å². The number of hydrogen-bond acceptors (Lipinski definition) is 4. The van der Waals surface area contributed by atoms with Crippen molar-refractivity contribution in [3.8, 4) is 11.6 Å². The van der Waals surface area contributed by atoms with Crippen molar-refractivity contribution in [2.24, 2.45) is 0 Å². The summed E-state index contributed by atoms with van der Waals surface area (Å²) in [7, 11) is 1.45. The zero-order chi connectivity index (χ0) is 18.5. The maximum atomic E-state index is 11.7. The highest BCUT2D eigenvalue weighted by Gasteiger charge is 2.15. The van der Waals surface area contributed by atoms with Crippen molar-refractivity contribution < 1.29 is 14.4 Å². The van der Waals surface area contributed by atoms with E-state index in [0.29, 0.717) is 16.6 Å². The molecule has 134 valence electrons. The highest BCUT2D eigenvalue weighted by Crippen LogP contribution is 2.23. The van der Waals surface area contributed by atoms with E-state index in [2.05, 4.69) is 5.10 Å². The van der Waals surface area contributed by atoms with Crippen molar-refractivity contribution in [3.05, 3.63) is 71.4 Å². The molecule has 0 atom stereocenters. The van der Waals surface area contributed by atoms with Crippen LogP contribution < -0.4 is 9.80 Å². The van der Waals surface area contributed by atoms with Crippen molar-refractivity contribution in [1.29, 1.82) is 0 Å². The Bertz CT molecular complexity index is 893. The number of nitrogens with zero attached hydrogens (tertiary/aromatic N) is 3. The van der Waals surface area contributed by atoms with Crippen LogP contribution in [0, 0.1) is 0 Å². The molecule has 2 aromatic carbocycles. The first-order valence-corrected chi connectivity index (χ1v) is 8.33. The summed E-state index contributed by atoms with van der Waals surface area (Å²) < 4.78 is 7.48. The first-order chi connectivity index (χ1) is 12.6. The second-order valence-electron chi connectivity index (χ2n) is 5.49. The zero-order valence-corrected chi connectivity index (χ0v) is 15.2. The lowest BCUT2D eigenvalue weighted by Crippen LogP contribution is -2.28. The maximum Gasteiger partial charge on any atom is 0.247 e. The molecule has 3 rings (SSSR count). The van der Waals surface area contributed by atoms with Gasteiger partial charge in [-0.1, -0.05) is 29.8 Å². The topological polar surface area (TPSA) is 56.6 Å².